The number of benzene rings is 2. The van der Waals surface area contributed by atoms with Crippen molar-refractivity contribution in [1.29, 1.82) is 0 Å². The van der Waals surface area contributed by atoms with Crippen LogP contribution in [0, 0.1) is 0 Å². The quantitative estimate of drug-likeness (QED) is 0.827. The number of rotatable bonds is 6. The number of nitrogens with two attached hydrogens (primary N) is 1. The van der Waals surface area contributed by atoms with Crippen LogP contribution < -0.4 is 5.73 Å². The second-order valence-electron chi connectivity index (χ2n) is 6.67. The highest BCUT2D eigenvalue weighted by Crippen LogP contribution is 2.20. The Balaban J connectivity index is 1.73. The van der Waals surface area contributed by atoms with Crippen LogP contribution in [0.1, 0.15) is 24.8 Å². The van der Waals surface area contributed by atoms with E-state index in [9.17, 15) is 9.59 Å². The van der Waals surface area contributed by atoms with Crippen LogP contribution in [0.2, 0.25) is 0 Å². The fourth-order valence-electron chi connectivity index (χ4n) is 3.36. The summed E-state index contributed by atoms with van der Waals surface area (Å²) in [6.07, 6.45) is 2.33. The van der Waals surface area contributed by atoms with Crippen LogP contribution in [-0.2, 0) is 20.7 Å². The molecule has 0 saturated carbocycles. The molecule has 2 aromatic carbocycles. The van der Waals surface area contributed by atoms with Crippen molar-refractivity contribution in [2.75, 3.05) is 13.2 Å². The van der Waals surface area contributed by atoms with Gasteiger partial charge in [-0.2, -0.15) is 0 Å². The summed E-state index contributed by atoms with van der Waals surface area (Å²) in [5.74, 6) is -1.45. The summed E-state index contributed by atoms with van der Waals surface area (Å²) in [6.45, 7) is 0.142. The van der Waals surface area contributed by atoms with Gasteiger partial charge in [0.05, 0.1) is 6.04 Å². The lowest BCUT2D eigenvalue weighted by Gasteiger charge is -2.34. The predicted molar refractivity (Wildman–Crippen MR) is 98.6 cm³/mol. The molecule has 138 valence electrons. The van der Waals surface area contributed by atoms with Crippen molar-refractivity contribution in [3.63, 3.8) is 0 Å². The SMILES string of the molecule is N[C@@H](Cc1ccc2ccccc2c1)C(=O)N(CC(=O)O)C1CCCCO1. The van der Waals surface area contributed by atoms with E-state index < -0.39 is 24.8 Å². The summed E-state index contributed by atoms with van der Waals surface area (Å²) in [4.78, 5) is 25.3. The van der Waals surface area contributed by atoms with Gasteiger partial charge >= 0.3 is 5.97 Å². The first-order chi connectivity index (χ1) is 12.5. The number of hydrogen-bond donors (Lipinski definition) is 2. The monoisotopic (exact) mass is 356 g/mol. The molecule has 1 fully saturated rings. The van der Waals surface area contributed by atoms with Gasteiger partial charge < -0.3 is 20.5 Å². The Kier molecular flexibility index (Phi) is 5.85. The van der Waals surface area contributed by atoms with Gasteiger partial charge in [-0.25, -0.2) is 0 Å². The second-order valence-corrected chi connectivity index (χ2v) is 6.67. The van der Waals surface area contributed by atoms with Gasteiger partial charge in [0.1, 0.15) is 12.8 Å². The molecule has 1 aliphatic rings. The minimum atomic E-state index is -1.06. The molecule has 3 rings (SSSR count). The third-order valence-electron chi connectivity index (χ3n) is 4.68. The lowest BCUT2D eigenvalue weighted by atomic mass is 10.0. The van der Waals surface area contributed by atoms with Crippen LogP contribution in [0.25, 0.3) is 10.8 Å². The summed E-state index contributed by atoms with van der Waals surface area (Å²) < 4.78 is 5.61. The van der Waals surface area contributed by atoms with Gasteiger partial charge in [-0.3, -0.25) is 9.59 Å². The highest BCUT2D eigenvalue weighted by molar-refractivity contribution is 5.86. The Bertz CT molecular complexity index is 786. The van der Waals surface area contributed by atoms with Gasteiger partial charge in [-0.1, -0.05) is 42.5 Å². The molecule has 0 aromatic heterocycles. The van der Waals surface area contributed by atoms with Crippen molar-refractivity contribution in [2.24, 2.45) is 5.73 Å². The Morgan fingerprint density at radius 2 is 1.96 bits per heavy atom. The number of carboxylic acid groups (broad SMARTS) is 1. The van der Waals surface area contributed by atoms with E-state index in [2.05, 4.69) is 0 Å². The van der Waals surface area contributed by atoms with Gasteiger partial charge in [-0.15, -0.1) is 0 Å². The molecule has 6 nitrogen and oxygen atoms in total. The van der Waals surface area contributed by atoms with Gasteiger partial charge in [0.15, 0.2) is 0 Å². The van der Waals surface area contributed by atoms with Crippen LogP contribution in [0.5, 0.6) is 0 Å². The first kappa shape index (κ1) is 18.4. The molecule has 0 aliphatic carbocycles. The van der Waals surface area contributed by atoms with E-state index >= 15 is 0 Å². The standard InChI is InChI=1S/C20H24N2O4/c21-17(12-14-8-9-15-5-1-2-6-16(15)11-14)20(25)22(13-19(23)24)18-7-3-4-10-26-18/h1-2,5-6,8-9,11,17-18H,3-4,7,10,12-13,21H2,(H,23,24)/t17-,18?/m0/s1. The highest BCUT2D eigenvalue weighted by Gasteiger charge is 2.31. The average Bonchev–Trinajstić information content (AvgIpc) is 2.66. The highest BCUT2D eigenvalue weighted by atomic mass is 16.5. The maximum Gasteiger partial charge on any atom is 0.323 e. The number of carbonyl (C=O) groups is 2. The number of amides is 1. The first-order valence-corrected chi connectivity index (χ1v) is 8.92. The number of aliphatic carboxylic acids is 1. The molecule has 0 radical (unpaired) electrons. The zero-order valence-corrected chi connectivity index (χ0v) is 14.6. The number of hydrogen-bond acceptors (Lipinski definition) is 4. The largest absolute Gasteiger partial charge is 0.480 e. The normalized spacial score (nSPS) is 18.4. The minimum absolute atomic E-state index is 0.354. The third-order valence-corrected chi connectivity index (χ3v) is 4.68. The zero-order chi connectivity index (χ0) is 18.5. The van der Waals surface area contributed by atoms with Crippen molar-refractivity contribution < 1.29 is 19.4 Å². The number of ether oxygens (including phenoxy) is 1. The number of carboxylic acids is 1. The molecule has 1 heterocycles. The maximum absolute atomic E-state index is 12.8. The lowest BCUT2D eigenvalue weighted by molar-refractivity contribution is -0.161. The summed E-state index contributed by atoms with van der Waals surface area (Å²) in [5, 5.41) is 11.4. The molecular formula is C20H24N2O4. The fourth-order valence-corrected chi connectivity index (χ4v) is 3.36. The Morgan fingerprint density at radius 3 is 2.65 bits per heavy atom. The molecule has 6 heteroatoms. The van der Waals surface area contributed by atoms with E-state index in [0.29, 0.717) is 19.4 Å². The van der Waals surface area contributed by atoms with E-state index in [-0.39, 0.29) is 5.91 Å². The van der Waals surface area contributed by atoms with E-state index in [1.165, 1.54) is 4.90 Å². The number of nitrogens with zero attached hydrogens (tertiary/aromatic N) is 1. The van der Waals surface area contributed by atoms with Crippen molar-refractivity contribution in [2.45, 2.75) is 38.0 Å². The topological polar surface area (TPSA) is 92.9 Å². The third kappa shape index (κ3) is 4.39. The van der Waals surface area contributed by atoms with E-state index in [0.717, 1.165) is 29.2 Å². The molecule has 1 unspecified atom stereocenters. The molecule has 1 saturated heterocycles. The summed E-state index contributed by atoms with van der Waals surface area (Å²) in [7, 11) is 0. The fraction of sp³-hybridized carbons (Fsp3) is 0.400. The smallest absolute Gasteiger partial charge is 0.323 e. The van der Waals surface area contributed by atoms with Gasteiger partial charge in [-0.05, 0) is 42.0 Å². The molecular weight excluding hydrogens is 332 g/mol. The van der Waals surface area contributed by atoms with Crippen LogP contribution in [0.4, 0.5) is 0 Å². The number of carbonyl (C=O) groups excluding carboxylic acids is 1. The predicted octanol–water partition coefficient (Wildman–Crippen LogP) is 2.15. The van der Waals surface area contributed by atoms with Gasteiger partial charge in [0.2, 0.25) is 5.91 Å². The Hall–Kier alpha value is -2.44. The molecule has 1 amide bonds. The second kappa shape index (κ2) is 8.29. The molecule has 3 N–H and O–H groups in total. The van der Waals surface area contributed by atoms with E-state index in [4.69, 9.17) is 15.6 Å². The lowest BCUT2D eigenvalue weighted by Crippen LogP contribution is -2.52. The Labute approximate surface area is 152 Å². The van der Waals surface area contributed by atoms with Crippen LogP contribution in [-0.4, -0.2) is 47.3 Å². The number of fused-ring (bicyclic) bond motifs is 1. The molecule has 0 bridgehead atoms. The molecule has 26 heavy (non-hydrogen) atoms. The minimum Gasteiger partial charge on any atom is -0.480 e. The van der Waals surface area contributed by atoms with Crippen LogP contribution in [0.15, 0.2) is 42.5 Å². The molecule has 2 aromatic rings. The van der Waals surface area contributed by atoms with Crippen molar-refractivity contribution in [3.8, 4) is 0 Å². The molecule has 2 atom stereocenters. The van der Waals surface area contributed by atoms with Gasteiger partial charge in [0, 0.05) is 6.61 Å². The Morgan fingerprint density at radius 1 is 1.19 bits per heavy atom. The van der Waals surface area contributed by atoms with E-state index in [1.54, 1.807) is 0 Å². The summed E-state index contributed by atoms with van der Waals surface area (Å²) >= 11 is 0. The molecule has 1 aliphatic heterocycles. The summed E-state index contributed by atoms with van der Waals surface area (Å²) in [6, 6.07) is 13.1. The average molecular weight is 356 g/mol. The van der Waals surface area contributed by atoms with Crippen molar-refractivity contribution in [1.82, 2.24) is 4.90 Å². The van der Waals surface area contributed by atoms with Crippen molar-refractivity contribution in [3.05, 3.63) is 48.0 Å². The van der Waals surface area contributed by atoms with E-state index in [1.807, 2.05) is 42.5 Å². The summed E-state index contributed by atoms with van der Waals surface area (Å²) in [5.41, 5.74) is 7.09. The zero-order valence-electron chi connectivity index (χ0n) is 14.6. The maximum atomic E-state index is 12.8. The first-order valence-electron chi connectivity index (χ1n) is 8.92. The van der Waals surface area contributed by atoms with Crippen LogP contribution in [0.3, 0.4) is 0 Å². The van der Waals surface area contributed by atoms with Gasteiger partial charge in [0.25, 0.3) is 0 Å². The van der Waals surface area contributed by atoms with Crippen molar-refractivity contribution >= 4 is 22.6 Å². The van der Waals surface area contributed by atoms with Crippen LogP contribution >= 0.6 is 0 Å². The molecule has 0 spiro atoms.